The number of aromatic nitrogens is 2. The monoisotopic (exact) mass is 459 g/mol. The molecule has 6 heteroatoms. The maximum Gasteiger partial charge on any atom is 0.266 e. The van der Waals surface area contributed by atoms with Crippen LogP contribution >= 0.6 is 11.6 Å². The van der Waals surface area contributed by atoms with Gasteiger partial charge < -0.3 is 4.90 Å². The third kappa shape index (κ3) is 4.16. The van der Waals surface area contributed by atoms with E-state index in [1.807, 2.05) is 64.1 Å². The van der Waals surface area contributed by atoms with Gasteiger partial charge in [-0.25, -0.2) is 4.98 Å². The first-order valence-corrected chi connectivity index (χ1v) is 11.4. The van der Waals surface area contributed by atoms with E-state index in [9.17, 15) is 9.59 Å². The molecule has 0 radical (unpaired) electrons. The summed E-state index contributed by atoms with van der Waals surface area (Å²) in [6.07, 6.45) is 0. The molecular formula is C27H26ClN3O2. The number of halogens is 1. The van der Waals surface area contributed by atoms with Crippen LogP contribution in [0.5, 0.6) is 0 Å². The van der Waals surface area contributed by atoms with Crippen LogP contribution < -0.4 is 5.56 Å². The predicted molar refractivity (Wildman–Crippen MR) is 133 cm³/mol. The topological polar surface area (TPSA) is 55.2 Å². The Balaban J connectivity index is 1.93. The summed E-state index contributed by atoms with van der Waals surface area (Å²) in [7, 11) is 0. The molecule has 4 rings (SSSR count). The molecular weight excluding hydrogens is 434 g/mol. The molecule has 0 spiro atoms. The van der Waals surface area contributed by atoms with Crippen LogP contribution in [0.25, 0.3) is 16.6 Å². The van der Waals surface area contributed by atoms with Crippen molar-refractivity contribution in [3.63, 3.8) is 0 Å². The first-order chi connectivity index (χ1) is 15.8. The van der Waals surface area contributed by atoms with Crippen LogP contribution in [0.3, 0.4) is 0 Å². The van der Waals surface area contributed by atoms with Crippen molar-refractivity contribution in [3.8, 4) is 5.69 Å². The second-order valence-electron chi connectivity index (χ2n) is 8.14. The fraction of sp³-hybridized carbons (Fsp3) is 0.222. The highest BCUT2D eigenvalue weighted by Crippen LogP contribution is 2.26. The van der Waals surface area contributed by atoms with Gasteiger partial charge in [-0.05, 0) is 75.2 Å². The van der Waals surface area contributed by atoms with Crippen molar-refractivity contribution in [3.05, 3.63) is 105 Å². The highest BCUT2D eigenvalue weighted by atomic mass is 35.5. The maximum atomic E-state index is 13.7. The minimum Gasteiger partial charge on any atom is -0.329 e. The van der Waals surface area contributed by atoms with Gasteiger partial charge in [-0.15, -0.1) is 0 Å². The highest BCUT2D eigenvalue weighted by Gasteiger charge is 2.27. The number of nitrogens with zero attached hydrogens (tertiary/aromatic N) is 3. The smallest absolute Gasteiger partial charge is 0.266 e. The van der Waals surface area contributed by atoms with Crippen molar-refractivity contribution in [2.24, 2.45) is 0 Å². The van der Waals surface area contributed by atoms with E-state index < -0.39 is 6.04 Å². The fourth-order valence-corrected chi connectivity index (χ4v) is 4.28. The molecule has 0 bridgehead atoms. The SMILES string of the molecule is CCN(C(=O)c1ccccc1Cl)C(C)c1nc2ccccc2c(=O)n1-c1ccc(C)c(C)c1. The Bertz CT molecular complexity index is 1410. The van der Waals surface area contributed by atoms with Gasteiger partial charge in [-0.2, -0.15) is 0 Å². The van der Waals surface area contributed by atoms with Gasteiger partial charge in [0.05, 0.1) is 33.2 Å². The lowest BCUT2D eigenvalue weighted by molar-refractivity contribution is 0.0693. The Labute approximate surface area is 198 Å². The lowest BCUT2D eigenvalue weighted by Crippen LogP contribution is -2.37. The predicted octanol–water partition coefficient (Wildman–Crippen LogP) is 5.88. The second-order valence-corrected chi connectivity index (χ2v) is 8.55. The molecule has 4 aromatic rings. The van der Waals surface area contributed by atoms with Crippen LogP contribution in [-0.4, -0.2) is 26.9 Å². The molecule has 0 N–H and O–H groups in total. The summed E-state index contributed by atoms with van der Waals surface area (Å²) in [6.45, 7) is 8.28. The fourth-order valence-electron chi connectivity index (χ4n) is 4.07. The average Bonchev–Trinajstić information content (AvgIpc) is 2.81. The maximum absolute atomic E-state index is 13.7. The van der Waals surface area contributed by atoms with Crippen LogP contribution in [0.1, 0.15) is 47.2 Å². The normalized spacial score (nSPS) is 12.0. The standard InChI is InChI=1S/C27H26ClN3O2/c1-5-30(26(32)21-10-6-8-12-23(21)28)19(4)25-29-24-13-9-7-11-22(24)27(33)31(25)20-15-14-17(2)18(3)16-20/h6-16,19H,5H2,1-4H3. The van der Waals surface area contributed by atoms with Gasteiger partial charge in [-0.1, -0.05) is 41.9 Å². The molecule has 0 fully saturated rings. The molecule has 1 amide bonds. The molecule has 1 atom stereocenters. The second kappa shape index (κ2) is 9.20. The Hall–Kier alpha value is -3.44. The van der Waals surface area contributed by atoms with Gasteiger partial charge in [0.25, 0.3) is 11.5 Å². The van der Waals surface area contributed by atoms with Crippen molar-refractivity contribution in [2.75, 3.05) is 6.54 Å². The van der Waals surface area contributed by atoms with Crippen molar-refractivity contribution >= 4 is 28.4 Å². The molecule has 1 aromatic heterocycles. The molecule has 0 aliphatic rings. The molecule has 0 aliphatic carbocycles. The van der Waals surface area contributed by atoms with Crippen LogP contribution in [0.2, 0.25) is 5.02 Å². The largest absolute Gasteiger partial charge is 0.329 e. The third-order valence-electron chi connectivity index (χ3n) is 6.10. The lowest BCUT2D eigenvalue weighted by atomic mass is 10.1. The Morgan fingerprint density at radius 1 is 1.03 bits per heavy atom. The molecule has 168 valence electrons. The number of para-hydroxylation sites is 1. The molecule has 0 saturated heterocycles. The summed E-state index contributed by atoms with van der Waals surface area (Å²) < 4.78 is 1.63. The zero-order chi connectivity index (χ0) is 23.7. The number of carbonyl (C=O) groups excluding carboxylic acids is 1. The summed E-state index contributed by atoms with van der Waals surface area (Å²) in [5.74, 6) is 0.300. The van der Waals surface area contributed by atoms with E-state index in [1.165, 1.54) is 0 Å². The molecule has 0 saturated carbocycles. The minimum atomic E-state index is -0.474. The van der Waals surface area contributed by atoms with E-state index >= 15 is 0 Å². The number of amides is 1. The van der Waals surface area contributed by atoms with E-state index in [2.05, 4.69) is 0 Å². The van der Waals surface area contributed by atoms with Crippen molar-refractivity contribution in [1.82, 2.24) is 14.5 Å². The van der Waals surface area contributed by atoms with E-state index in [-0.39, 0.29) is 11.5 Å². The van der Waals surface area contributed by atoms with Gasteiger partial charge >= 0.3 is 0 Å². The van der Waals surface area contributed by atoms with E-state index in [0.717, 1.165) is 16.8 Å². The lowest BCUT2D eigenvalue weighted by Gasteiger charge is -2.30. The number of hydrogen-bond acceptors (Lipinski definition) is 3. The summed E-state index contributed by atoms with van der Waals surface area (Å²) in [5, 5.41) is 0.929. The number of carbonyl (C=O) groups is 1. The van der Waals surface area contributed by atoms with Gasteiger partial charge in [0, 0.05) is 6.54 Å². The first-order valence-electron chi connectivity index (χ1n) is 11.0. The summed E-state index contributed by atoms with van der Waals surface area (Å²) in [5.41, 5.74) is 3.81. The van der Waals surface area contributed by atoms with Crippen molar-refractivity contribution < 1.29 is 4.79 Å². The van der Waals surface area contributed by atoms with E-state index in [4.69, 9.17) is 16.6 Å². The van der Waals surface area contributed by atoms with E-state index in [0.29, 0.717) is 33.9 Å². The summed E-state index contributed by atoms with van der Waals surface area (Å²) >= 11 is 6.32. The number of aryl methyl sites for hydroxylation is 2. The van der Waals surface area contributed by atoms with Gasteiger partial charge in [-0.3, -0.25) is 14.2 Å². The third-order valence-corrected chi connectivity index (χ3v) is 6.43. The van der Waals surface area contributed by atoms with Gasteiger partial charge in [0.1, 0.15) is 5.82 Å². The van der Waals surface area contributed by atoms with Crippen LogP contribution in [0, 0.1) is 13.8 Å². The Morgan fingerprint density at radius 3 is 2.42 bits per heavy atom. The van der Waals surface area contributed by atoms with Crippen molar-refractivity contribution in [1.29, 1.82) is 0 Å². The summed E-state index contributed by atoms with van der Waals surface area (Å²) in [6, 6.07) is 19.7. The molecule has 1 heterocycles. The Morgan fingerprint density at radius 2 is 1.73 bits per heavy atom. The van der Waals surface area contributed by atoms with Gasteiger partial charge in [0.2, 0.25) is 0 Å². The minimum absolute atomic E-state index is 0.160. The average molecular weight is 460 g/mol. The van der Waals surface area contributed by atoms with Crippen LogP contribution in [-0.2, 0) is 0 Å². The van der Waals surface area contributed by atoms with Crippen LogP contribution in [0.15, 0.2) is 71.5 Å². The molecule has 1 unspecified atom stereocenters. The number of fused-ring (bicyclic) bond motifs is 1. The number of benzene rings is 3. The van der Waals surface area contributed by atoms with E-state index in [1.54, 1.807) is 39.8 Å². The number of hydrogen-bond donors (Lipinski definition) is 0. The van der Waals surface area contributed by atoms with Crippen molar-refractivity contribution in [2.45, 2.75) is 33.7 Å². The summed E-state index contributed by atoms with van der Waals surface area (Å²) in [4.78, 5) is 33.6. The zero-order valence-corrected chi connectivity index (χ0v) is 19.9. The number of rotatable bonds is 5. The highest BCUT2D eigenvalue weighted by molar-refractivity contribution is 6.33. The zero-order valence-electron chi connectivity index (χ0n) is 19.2. The first kappa shape index (κ1) is 22.7. The molecule has 33 heavy (non-hydrogen) atoms. The van der Waals surface area contributed by atoms with Crippen LogP contribution in [0.4, 0.5) is 0 Å². The van der Waals surface area contributed by atoms with Gasteiger partial charge in [0.15, 0.2) is 0 Å². The molecule has 5 nitrogen and oxygen atoms in total. The molecule has 0 aliphatic heterocycles. The molecule has 3 aromatic carbocycles. The Kier molecular flexibility index (Phi) is 6.34. The quantitative estimate of drug-likeness (QED) is 0.374.